The van der Waals surface area contributed by atoms with Gasteiger partial charge >= 0.3 is 0 Å². The van der Waals surface area contributed by atoms with Gasteiger partial charge in [0.15, 0.2) is 0 Å². The summed E-state index contributed by atoms with van der Waals surface area (Å²) in [6.07, 6.45) is 6.49. The third-order valence-electron chi connectivity index (χ3n) is 6.39. The normalized spacial score (nSPS) is 22.7. The Hall–Kier alpha value is -1.64. The van der Waals surface area contributed by atoms with Crippen molar-refractivity contribution >= 4 is 41.1 Å². The van der Waals surface area contributed by atoms with Gasteiger partial charge in [0, 0.05) is 51.3 Å². The van der Waals surface area contributed by atoms with Crippen LogP contribution in [0.15, 0.2) is 24.3 Å². The first-order valence-corrected chi connectivity index (χ1v) is 12.4. The number of halogens is 2. The van der Waals surface area contributed by atoms with Crippen LogP contribution >= 0.6 is 23.2 Å². The molecule has 7 nitrogen and oxygen atoms in total. The van der Waals surface area contributed by atoms with Gasteiger partial charge in [0.05, 0.1) is 22.8 Å². The number of rotatable bonds is 8. The highest BCUT2D eigenvalue weighted by Gasteiger charge is 2.26. The zero-order valence-corrected chi connectivity index (χ0v) is 20.3. The van der Waals surface area contributed by atoms with Crippen molar-refractivity contribution in [2.45, 2.75) is 44.2 Å². The zero-order valence-electron chi connectivity index (χ0n) is 18.8. The number of nitrogens with zero attached hydrogens (tertiary/aromatic N) is 3. The van der Waals surface area contributed by atoms with Crippen LogP contribution in [0.3, 0.4) is 0 Å². The van der Waals surface area contributed by atoms with Crippen molar-refractivity contribution in [1.82, 2.24) is 14.7 Å². The molecule has 1 aromatic carbocycles. The zero-order chi connectivity index (χ0) is 23.8. The largest absolute Gasteiger partial charge is 0.395 e. The van der Waals surface area contributed by atoms with Gasteiger partial charge in [-0.3, -0.25) is 14.5 Å². The van der Waals surface area contributed by atoms with E-state index in [0.717, 1.165) is 37.8 Å². The molecule has 2 saturated heterocycles. The summed E-state index contributed by atoms with van der Waals surface area (Å²) < 4.78 is 0. The maximum absolute atomic E-state index is 12.6. The number of hydrogen-bond donors (Lipinski definition) is 2. The molecule has 1 aromatic rings. The van der Waals surface area contributed by atoms with E-state index in [2.05, 4.69) is 4.90 Å². The summed E-state index contributed by atoms with van der Waals surface area (Å²) in [4.78, 5) is 30.8. The van der Waals surface area contributed by atoms with E-state index in [9.17, 15) is 19.8 Å². The van der Waals surface area contributed by atoms with E-state index < -0.39 is 0 Å². The van der Waals surface area contributed by atoms with Gasteiger partial charge in [-0.15, -0.1) is 0 Å². The Labute approximate surface area is 205 Å². The van der Waals surface area contributed by atoms with Crippen molar-refractivity contribution in [3.8, 4) is 0 Å². The standard InChI is InChI=1S/C24H33Cl2N3O4/c25-21-7-3-18(15-22(21)26)4-8-23(32)28-12-9-24(33)27(13-14-28)10-1-2-11-29-16-20(31)6-5-19(29)17-30/h3-4,7-8,15,19-20,30-31H,1-2,5-6,9-14,16-17H2. The molecule has 3 rings (SSSR count). The first kappa shape index (κ1) is 26.0. The molecule has 2 atom stereocenters. The van der Waals surface area contributed by atoms with Gasteiger partial charge in [0.2, 0.25) is 11.8 Å². The quantitative estimate of drug-likeness (QED) is 0.426. The van der Waals surface area contributed by atoms with Crippen LogP contribution in [0.4, 0.5) is 0 Å². The van der Waals surface area contributed by atoms with E-state index in [0.29, 0.717) is 49.2 Å². The van der Waals surface area contributed by atoms with E-state index >= 15 is 0 Å². The molecule has 2 fully saturated rings. The monoisotopic (exact) mass is 497 g/mol. The molecule has 2 N–H and O–H groups in total. The Morgan fingerprint density at radius 1 is 1.09 bits per heavy atom. The lowest BCUT2D eigenvalue weighted by Crippen LogP contribution is -2.47. The molecular formula is C24H33Cl2N3O4. The molecule has 0 aliphatic carbocycles. The first-order chi connectivity index (χ1) is 15.9. The van der Waals surface area contributed by atoms with Gasteiger partial charge in [0.25, 0.3) is 0 Å². The van der Waals surface area contributed by atoms with Crippen molar-refractivity contribution in [3.63, 3.8) is 0 Å². The summed E-state index contributed by atoms with van der Waals surface area (Å²) in [5.41, 5.74) is 0.787. The van der Waals surface area contributed by atoms with E-state index in [1.165, 1.54) is 6.08 Å². The third-order valence-corrected chi connectivity index (χ3v) is 7.13. The molecule has 2 unspecified atom stereocenters. The van der Waals surface area contributed by atoms with Crippen LogP contribution in [0.25, 0.3) is 6.08 Å². The van der Waals surface area contributed by atoms with Crippen molar-refractivity contribution in [1.29, 1.82) is 0 Å². The number of aliphatic hydroxyl groups excluding tert-OH is 2. The molecular weight excluding hydrogens is 465 g/mol. The summed E-state index contributed by atoms with van der Waals surface area (Å²) in [6.45, 7) is 3.59. The molecule has 33 heavy (non-hydrogen) atoms. The first-order valence-electron chi connectivity index (χ1n) is 11.6. The predicted octanol–water partition coefficient (Wildman–Crippen LogP) is 2.67. The Bertz CT molecular complexity index is 851. The molecule has 2 heterocycles. The number of benzene rings is 1. The lowest BCUT2D eigenvalue weighted by atomic mass is 10.0. The summed E-state index contributed by atoms with van der Waals surface area (Å²) in [5.74, 6) is -0.0604. The Morgan fingerprint density at radius 2 is 1.88 bits per heavy atom. The highest BCUT2D eigenvalue weighted by atomic mass is 35.5. The number of likely N-dealkylation sites (tertiary alicyclic amines) is 1. The fourth-order valence-corrected chi connectivity index (χ4v) is 4.70. The molecule has 0 radical (unpaired) electrons. The Balaban J connectivity index is 1.43. The van der Waals surface area contributed by atoms with Crippen molar-refractivity contribution < 1.29 is 19.8 Å². The molecule has 0 saturated carbocycles. The number of aliphatic hydroxyl groups is 2. The van der Waals surface area contributed by atoms with E-state index in [-0.39, 0.29) is 30.6 Å². The minimum absolute atomic E-state index is 0.0698. The summed E-state index contributed by atoms with van der Waals surface area (Å²) in [5, 5.41) is 20.3. The summed E-state index contributed by atoms with van der Waals surface area (Å²) in [6, 6.07) is 5.30. The Kier molecular flexibility index (Phi) is 10.0. The van der Waals surface area contributed by atoms with Crippen molar-refractivity contribution in [2.75, 3.05) is 45.9 Å². The number of amides is 2. The minimum atomic E-state index is -0.325. The molecule has 0 aromatic heterocycles. The van der Waals surface area contributed by atoms with Gasteiger partial charge in [-0.2, -0.15) is 0 Å². The van der Waals surface area contributed by atoms with Crippen molar-refractivity contribution in [3.05, 3.63) is 39.9 Å². The van der Waals surface area contributed by atoms with E-state index in [1.807, 2.05) is 4.90 Å². The Morgan fingerprint density at radius 3 is 2.64 bits per heavy atom. The van der Waals surface area contributed by atoms with Crippen LogP contribution < -0.4 is 0 Å². The second-order valence-corrected chi connectivity index (χ2v) is 9.55. The molecule has 2 aliphatic rings. The smallest absolute Gasteiger partial charge is 0.246 e. The lowest BCUT2D eigenvalue weighted by Gasteiger charge is -2.37. The van der Waals surface area contributed by atoms with E-state index in [1.54, 1.807) is 29.2 Å². The number of carbonyl (C=O) groups excluding carboxylic acids is 2. The molecule has 0 spiro atoms. The summed E-state index contributed by atoms with van der Waals surface area (Å²) >= 11 is 11.9. The highest BCUT2D eigenvalue weighted by molar-refractivity contribution is 6.42. The van der Waals surface area contributed by atoms with Gasteiger partial charge in [-0.25, -0.2) is 0 Å². The van der Waals surface area contributed by atoms with Crippen LogP contribution in [-0.4, -0.2) is 94.7 Å². The molecule has 0 bridgehead atoms. The van der Waals surface area contributed by atoms with Crippen LogP contribution in [0, 0.1) is 0 Å². The van der Waals surface area contributed by atoms with Gasteiger partial charge in [-0.05, 0) is 56.0 Å². The maximum atomic E-state index is 12.6. The number of hydrogen-bond acceptors (Lipinski definition) is 5. The van der Waals surface area contributed by atoms with Gasteiger partial charge in [-0.1, -0.05) is 29.3 Å². The average Bonchev–Trinajstić information content (AvgIpc) is 2.99. The van der Waals surface area contributed by atoms with E-state index in [4.69, 9.17) is 23.2 Å². The van der Waals surface area contributed by atoms with Crippen LogP contribution in [-0.2, 0) is 9.59 Å². The number of piperidine rings is 1. The molecule has 182 valence electrons. The molecule has 2 amide bonds. The van der Waals surface area contributed by atoms with Gasteiger partial charge < -0.3 is 20.0 Å². The molecule has 9 heteroatoms. The fraction of sp³-hybridized carbons (Fsp3) is 0.583. The maximum Gasteiger partial charge on any atom is 0.246 e. The second kappa shape index (κ2) is 12.7. The van der Waals surface area contributed by atoms with Crippen LogP contribution in [0.5, 0.6) is 0 Å². The fourth-order valence-electron chi connectivity index (χ4n) is 4.39. The van der Waals surface area contributed by atoms with Crippen LogP contribution in [0.2, 0.25) is 10.0 Å². The minimum Gasteiger partial charge on any atom is -0.395 e. The van der Waals surface area contributed by atoms with Gasteiger partial charge in [0.1, 0.15) is 0 Å². The predicted molar refractivity (Wildman–Crippen MR) is 130 cm³/mol. The van der Waals surface area contributed by atoms with Crippen molar-refractivity contribution in [2.24, 2.45) is 0 Å². The summed E-state index contributed by atoms with van der Waals surface area (Å²) in [7, 11) is 0. The lowest BCUT2D eigenvalue weighted by molar-refractivity contribution is -0.130. The molecule has 2 aliphatic heterocycles. The number of carbonyl (C=O) groups is 2. The third kappa shape index (κ3) is 7.69. The van der Waals surface area contributed by atoms with Crippen LogP contribution in [0.1, 0.15) is 37.7 Å². The average molecular weight is 498 g/mol. The number of β-amino-alcohol motifs (C(OH)–C–C–N with tert-alkyl or cyclic N) is 1. The SMILES string of the molecule is O=C(C=Cc1ccc(Cl)c(Cl)c1)N1CCC(=O)N(CCCCN2CC(O)CCC2CO)CC1. The highest BCUT2D eigenvalue weighted by Crippen LogP contribution is 2.23. The number of unbranched alkanes of at least 4 members (excludes halogenated alkanes) is 1. The topological polar surface area (TPSA) is 84.3 Å². The second-order valence-electron chi connectivity index (χ2n) is 8.73.